The highest BCUT2D eigenvalue weighted by Crippen LogP contribution is 2.32. The van der Waals surface area contributed by atoms with Crippen molar-refractivity contribution in [3.8, 4) is 17.3 Å². The number of sulfonamides is 1. The van der Waals surface area contributed by atoms with Gasteiger partial charge in [0.1, 0.15) is 18.2 Å². The lowest BCUT2D eigenvalue weighted by atomic mass is 9.82. The van der Waals surface area contributed by atoms with Crippen LogP contribution in [0.5, 0.6) is 0 Å². The first-order valence-corrected chi connectivity index (χ1v) is 16.9. The monoisotopic (exact) mass is 673 g/mol. The van der Waals surface area contributed by atoms with Crippen molar-refractivity contribution in [1.82, 2.24) is 20.0 Å². The molecule has 2 aliphatic rings. The largest absolute Gasteiger partial charge is 0.402 e. The average molecular weight is 674 g/mol. The summed E-state index contributed by atoms with van der Waals surface area (Å²) in [6.45, 7) is 1.88. The summed E-state index contributed by atoms with van der Waals surface area (Å²) in [6, 6.07) is 10.2. The molecule has 3 heterocycles. The van der Waals surface area contributed by atoms with E-state index >= 15 is 0 Å². The predicted molar refractivity (Wildman–Crippen MR) is 165 cm³/mol. The third-order valence-electron chi connectivity index (χ3n) is 7.87. The molecule has 16 heteroatoms. The minimum Gasteiger partial charge on any atom is -0.381 e. The minimum absolute atomic E-state index is 0.0431. The molecule has 2 aromatic heterocycles. The highest BCUT2D eigenvalue weighted by Gasteiger charge is 2.33. The average Bonchev–Trinajstić information content (AvgIpc) is 3.01. The fourth-order valence-corrected chi connectivity index (χ4v) is 6.36. The Bertz CT molecular complexity index is 1410. The van der Waals surface area contributed by atoms with E-state index < -0.39 is 34.1 Å². The Labute approximate surface area is 266 Å². The number of hydrogen-bond acceptors (Lipinski definition) is 10. The van der Waals surface area contributed by atoms with Crippen LogP contribution in [0.4, 0.5) is 24.8 Å². The van der Waals surface area contributed by atoms with Crippen LogP contribution in [0.25, 0.3) is 11.3 Å². The normalized spacial score (nSPS) is 21.1. The standard InChI is InChI=1S/C29H39ClF3N7O4S/c1-20(15-44-19-45(41,42)37-18-29(31,32)33)38-21-5-7-22(8-6-21)39-27-13-23(24(30)14-35-27)25-3-2-4-26(40-25)36-17-28(16-34)9-11-43-12-10-28/h2-4,13-14,20-22,37-38H,5-12,15,17-19H2,1H3,(H,35,39)(H,36,40)/t20?,21-,22-. The van der Waals surface area contributed by atoms with E-state index in [1.165, 1.54) is 4.72 Å². The Morgan fingerprint density at radius 2 is 1.89 bits per heavy atom. The lowest BCUT2D eigenvalue weighted by molar-refractivity contribution is -0.121. The first-order valence-electron chi connectivity index (χ1n) is 14.9. The molecular formula is C29H39ClF3N7O4S. The number of nitrogens with zero attached hydrogens (tertiary/aromatic N) is 3. The van der Waals surface area contributed by atoms with Crippen molar-refractivity contribution in [1.29, 1.82) is 5.26 Å². The van der Waals surface area contributed by atoms with Crippen molar-refractivity contribution in [3.63, 3.8) is 0 Å². The Morgan fingerprint density at radius 1 is 1.18 bits per heavy atom. The van der Waals surface area contributed by atoms with Gasteiger partial charge in [-0.2, -0.15) is 18.4 Å². The van der Waals surface area contributed by atoms with Crippen LogP contribution < -0.4 is 20.7 Å². The summed E-state index contributed by atoms with van der Waals surface area (Å²) in [4.78, 5) is 9.20. The molecule has 0 aromatic carbocycles. The summed E-state index contributed by atoms with van der Waals surface area (Å²) < 4.78 is 72.1. The van der Waals surface area contributed by atoms with Crippen LogP contribution in [0.15, 0.2) is 30.5 Å². The van der Waals surface area contributed by atoms with E-state index in [9.17, 15) is 26.9 Å². The number of alkyl halides is 3. The molecule has 0 spiro atoms. The third-order valence-corrected chi connectivity index (χ3v) is 9.24. The maximum Gasteiger partial charge on any atom is 0.402 e. The molecule has 1 unspecified atom stereocenters. The zero-order chi connectivity index (χ0) is 32.5. The Hall–Kier alpha value is -2.74. The van der Waals surface area contributed by atoms with Crippen molar-refractivity contribution < 1.29 is 31.1 Å². The van der Waals surface area contributed by atoms with E-state index in [1.54, 1.807) is 6.20 Å². The molecule has 0 radical (unpaired) electrons. The maximum atomic E-state index is 12.3. The molecule has 4 rings (SSSR count). The lowest BCUT2D eigenvalue weighted by Crippen LogP contribution is -2.43. The summed E-state index contributed by atoms with van der Waals surface area (Å²) in [7, 11) is -4.18. The van der Waals surface area contributed by atoms with Gasteiger partial charge in [-0.1, -0.05) is 17.7 Å². The summed E-state index contributed by atoms with van der Waals surface area (Å²) in [5.74, 6) is 0.496. The number of halogens is 4. The van der Waals surface area contributed by atoms with E-state index in [1.807, 2.05) is 31.2 Å². The number of anilines is 2. The quantitative estimate of drug-likeness (QED) is 0.223. The Balaban J connectivity index is 1.24. The molecule has 1 aliphatic carbocycles. The van der Waals surface area contributed by atoms with Gasteiger partial charge in [0.15, 0.2) is 5.94 Å². The van der Waals surface area contributed by atoms with Gasteiger partial charge in [0, 0.05) is 49.6 Å². The highest BCUT2D eigenvalue weighted by molar-refractivity contribution is 7.89. The first kappa shape index (κ1) is 35.1. The number of aromatic nitrogens is 2. The molecule has 11 nitrogen and oxygen atoms in total. The molecule has 45 heavy (non-hydrogen) atoms. The van der Waals surface area contributed by atoms with Gasteiger partial charge in [-0.15, -0.1) is 0 Å². The lowest BCUT2D eigenvalue weighted by Gasteiger charge is -2.32. The molecule has 1 saturated carbocycles. The summed E-state index contributed by atoms with van der Waals surface area (Å²) in [5, 5.41) is 20.4. The van der Waals surface area contributed by atoms with Gasteiger partial charge in [0.2, 0.25) is 10.0 Å². The number of hydrogen-bond donors (Lipinski definition) is 4. The highest BCUT2D eigenvalue weighted by atomic mass is 35.5. The molecule has 1 aliphatic heterocycles. The predicted octanol–water partition coefficient (Wildman–Crippen LogP) is 4.69. The second-order valence-electron chi connectivity index (χ2n) is 11.6. The zero-order valence-electron chi connectivity index (χ0n) is 25.0. The minimum atomic E-state index is -4.63. The molecule has 248 valence electrons. The van der Waals surface area contributed by atoms with E-state index in [-0.39, 0.29) is 24.7 Å². The fourth-order valence-electron chi connectivity index (χ4n) is 5.38. The van der Waals surface area contributed by atoms with E-state index in [0.717, 1.165) is 31.2 Å². The summed E-state index contributed by atoms with van der Waals surface area (Å²) in [6.07, 6.45) is 1.77. The van der Waals surface area contributed by atoms with Gasteiger partial charge in [-0.3, -0.25) is 0 Å². The molecule has 2 fully saturated rings. The topological polar surface area (TPSA) is 150 Å². The van der Waals surface area contributed by atoms with Crippen molar-refractivity contribution in [2.75, 3.05) is 49.5 Å². The number of pyridine rings is 2. The fraction of sp³-hybridized carbons (Fsp3) is 0.621. The number of ether oxygens (including phenoxy) is 2. The van der Waals surface area contributed by atoms with Gasteiger partial charge in [0.05, 0.1) is 28.8 Å². The van der Waals surface area contributed by atoms with Crippen LogP contribution >= 0.6 is 11.6 Å². The molecule has 1 saturated heterocycles. The van der Waals surface area contributed by atoms with Gasteiger partial charge in [-0.25, -0.2) is 23.1 Å². The number of nitriles is 1. The summed E-state index contributed by atoms with van der Waals surface area (Å²) >= 11 is 6.52. The molecular weight excluding hydrogens is 635 g/mol. The van der Waals surface area contributed by atoms with Crippen LogP contribution in [-0.2, 0) is 19.5 Å². The van der Waals surface area contributed by atoms with Gasteiger partial charge < -0.3 is 25.4 Å². The van der Waals surface area contributed by atoms with Gasteiger partial charge >= 0.3 is 6.18 Å². The van der Waals surface area contributed by atoms with Crippen molar-refractivity contribution in [3.05, 3.63) is 35.5 Å². The number of nitrogens with one attached hydrogen (secondary N) is 4. The van der Waals surface area contributed by atoms with Crippen LogP contribution in [0, 0.1) is 16.7 Å². The Kier molecular flexibility index (Phi) is 12.3. The molecule has 4 N–H and O–H groups in total. The molecule has 2 aromatic rings. The van der Waals surface area contributed by atoms with Crippen LogP contribution in [-0.4, -0.2) is 81.5 Å². The molecule has 1 atom stereocenters. The van der Waals surface area contributed by atoms with Gasteiger partial charge in [-0.05, 0) is 63.6 Å². The SMILES string of the molecule is CC(COCS(=O)(=O)NCC(F)(F)F)N[C@H]1CC[C@H](Nc2cc(-c3cccc(NCC4(C#N)CCOCC4)n3)c(Cl)cn2)CC1. The third kappa shape index (κ3) is 11.2. The van der Waals surface area contributed by atoms with Crippen molar-refractivity contribution in [2.45, 2.75) is 69.8 Å². The molecule has 0 amide bonds. The van der Waals surface area contributed by atoms with Gasteiger partial charge in [0.25, 0.3) is 0 Å². The molecule has 0 bridgehead atoms. The van der Waals surface area contributed by atoms with Crippen molar-refractivity contribution in [2.24, 2.45) is 5.41 Å². The maximum absolute atomic E-state index is 12.3. The van der Waals surface area contributed by atoms with Crippen LogP contribution in [0.3, 0.4) is 0 Å². The number of rotatable bonds is 14. The first-order chi connectivity index (χ1) is 21.4. The van der Waals surface area contributed by atoms with E-state index in [0.29, 0.717) is 55.0 Å². The van der Waals surface area contributed by atoms with Crippen LogP contribution in [0.1, 0.15) is 45.4 Å². The van der Waals surface area contributed by atoms with E-state index in [4.69, 9.17) is 26.1 Å². The second kappa shape index (κ2) is 15.7. The zero-order valence-corrected chi connectivity index (χ0v) is 26.6. The smallest absolute Gasteiger partial charge is 0.381 e. The summed E-state index contributed by atoms with van der Waals surface area (Å²) in [5.41, 5.74) is 0.935. The van der Waals surface area contributed by atoms with Crippen LogP contribution in [0.2, 0.25) is 5.02 Å². The van der Waals surface area contributed by atoms with Crippen molar-refractivity contribution >= 4 is 33.3 Å². The second-order valence-corrected chi connectivity index (χ2v) is 13.8. The Morgan fingerprint density at radius 3 is 2.58 bits per heavy atom. The van der Waals surface area contributed by atoms with E-state index in [2.05, 4.69) is 27.0 Å².